The summed E-state index contributed by atoms with van der Waals surface area (Å²) in [5.74, 6) is -47.6. The van der Waals surface area contributed by atoms with E-state index in [-0.39, 0.29) is 21.3 Å². The fourth-order valence-electron chi connectivity index (χ4n) is 3.95. The quantitative estimate of drug-likeness (QED) is 0.0804. The summed E-state index contributed by atoms with van der Waals surface area (Å²) in [5, 5.41) is 3.35. The van der Waals surface area contributed by atoms with Crippen LogP contribution in [0.4, 0.5) is 80.3 Å². The van der Waals surface area contributed by atoms with Crippen LogP contribution in [0.5, 0.6) is 0 Å². The van der Waals surface area contributed by atoms with Crippen LogP contribution in [0, 0.1) is 0 Å². The van der Waals surface area contributed by atoms with Crippen molar-refractivity contribution >= 4 is 23.3 Å². The Balaban J connectivity index is 0.00000122. The number of hydrogen-bond acceptors (Lipinski definition) is 7. The molecule has 0 amide bonds. The van der Waals surface area contributed by atoms with Gasteiger partial charge in [0, 0.05) is 73.8 Å². The first-order valence-corrected chi connectivity index (χ1v) is 17.4. The number of nitrogens with one attached hydrogen (secondary N) is 1. The maximum atomic E-state index is 14.1. The minimum atomic E-state index is -8.44. The monoisotopic (exact) mass is 823 g/mol. The van der Waals surface area contributed by atoms with Crippen molar-refractivity contribution in [2.24, 2.45) is 0 Å². The van der Waals surface area contributed by atoms with E-state index in [1.54, 1.807) is 21.3 Å². The Kier molecular flexibility index (Phi) is 16.8. The van der Waals surface area contributed by atoms with Crippen molar-refractivity contribution in [3.05, 3.63) is 30.3 Å². The van der Waals surface area contributed by atoms with Crippen LogP contribution >= 0.6 is 0 Å². The molecule has 0 aliphatic carbocycles. The van der Waals surface area contributed by atoms with E-state index >= 15 is 0 Å². The second-order valence-corrected chi connectivity index (χ2v) is 16.2. The smallest absolute Gasteiger partial charge is 0.385 e. The molecule has 0 heterocycles. The van der Waals surface area contributed by atoms with Crippen molar-refractivity contribution in [3.8, 4) is 0 Å². The third-order valence-corrected chi connectivity index (χ3v) is 12.6. The maximum absolute atomic E-state index is 14.1. The molecule has 0 aliphatic heterocycles. The molecule has 0 aromatic heterocycles. The minimum absolute atomic E-state index is 0.0312. The minimum Gasteiger partial charge on any atom is -0.385 e. The number of rotatable bonds is 20. The Morgan fingerprint density at radius 2 is 0.902 bits per heavy atom. The van der Waals surface area contributed by atoms with Gasteiger partial charge in [0.15, 0.2) is 0 Å². The molecule has 0 saturated carbocycles. The lowest BCUT2D eigenvalue weighted by atomic mass is 9.90. The fourth-order valence-corrected chi connectivity index (χ4v) is 7.48. The van der Waals surface area contributed by atoms with Crippen molar-refractivity contribution in [2.75, 3.05) is 54.5 Å². The van der Waals surface area contributed by atoms with Crippen LogP contribution in [-0.4, -0.2) is 114 Å². The van der Waals surface area contributed by atoms with Crippen molar-refractivity contribution in [3.63, 3.8) is 0 Å². The summed E-state index contributed by atoms with van der Waals surface area (Å²) >= 11 is 0. The lowest BCUT2D eigenvalue weighted by Gasteiger charge is -2.44. The summed E-state index contributed by atoms with van der Waals surface area (Å²) in [5.41, 5.74) is -5.66. The van der Waals surface area contributed by atoms with Crippen molar-refractivity contribution < 1.29 is 101 Å². The van der Waals surface area contributed by atoms with Gasteiger partial charge in [-0.25, -0.2) is 0 Å². The first kappa shape index (κ1) is 49.0. The highest BCUT2D eigenvalue weighted by Gasteiger charge is 2.95. The van der Waals surface area contributed by atoms with E-state index in [2.05, 4.69) is 18.6 Å². The topological polar surface area (TPSA) is 67.4 Å². The van der Waals surface area contributed by atoms with Crippen LogP contribution in [0.1, 0.15) is 19.3 Å². The van der Waals surface area contributed by atoms with E-state index in [0.29, 0.717) is 0 Å². The van der Waals surface area contributed by atoms with Gasteiger partial charge in [-0.3, -0.25) is 0 Å². The molecule has 0 unspecified atom stereocenters. The molecule has 1 rings (SSSR count). The third-order valence-electron chi connectivity index (χ3n) is 7.04. The zero-order valence-corrected chi connectivity index (χ0v) is 29.3. The Morgan fingerprint density at radius 3 is 1.27 bits per heavy atom. The standard InChI is InChI=1S/C13H13F17O3Si.C12H21NO3Si/c1-31-34(32-2,33-3)13(29,30)12(27,28)11(25,26)10(23,24)9(21,22)8(19,20)6(14,15)4-5-7(16,17)18;1-14-17(15-2,16-3)11-7-10-13-12-8-5-4-6-9-12/h4-5H2,1-3H3;4-6,8-9,13H,7,10-11H2,1-3H3. The van der Waals surface area contributed by atoms with Crippen LogP contribution < -0.4 is 5.32 Å². The molecule has 1 aromatic carbocycles. The highest BCUT2D eigenvalue weighted by molar-refractivity contribution is 6.63. The summed E-state index contributed by atoms with van der Waals surface area (Å²) in [7, 11) is -3.92. The van der Waals surface area contributed by atoms with Crippen LogP contribution in [0.25, 0.3) is 0 Å². The number of para-hydroxylation sites is 1. The highest BCUT2D eigenvalue weighted by atomic mass is 28.4. The van der Waals surface area contributed by atoms with E-state index in [9.17, 15) is 74.6 Å². The van der Waals surface area contributed by atoms with E-state index in [4.69, 9.17) is 13.3 Å². The summed E-state index contributed by atoms with van der Waals surface area (Å²) < 4.78 is 255. The molecular weight excluding hydrogens is 789 g/mol. The van der Waals surface area contributed by atoms with E-state index in [1.807, 2.05) is 30.3 Å². The van der Waals surface area contributed by atoms with Gasteiger partial charge < -0.3 is 31.9 Å². The predicted octanol–water partition coefficient (Wildman–Crippen LogP) is 8.56. The lowest BCUT2D eigenvalue weighted by molar-refractivity contribution is -0.438. The number of alkyl halides is 17. The van der Waals surface area contributed by atoms with Gasteiger partial charge in [-0.15, -0.1) is 0 Å². The molecule has 1 N–H and O–H groups in total. The molecule has 0 aliphatic rings. The molecule has 0 bridgehead atoms. The number of halogens is 17. The molecule has 302 valence electrons. The molecule has 7 nitrogen and oxygen atoms in total. The molecule has 0 saturated heterocycles. The average Bonchev–Trinajstić information content (AvgIpc) is 3.05. The van der Waals surface area contributed by atoms with Crippen molar-refractivity contribution in [1.82, 2.24) is 0 Å². The summed E-state index contributed by atoms with van der Waals surface area (Å²) in [6, 6.07) is 10.9. The van der Waals surface area contributed by atoms with Gasteiger partial charge >= 0.3 is 64.9 Å². The van der Waals surface area contributed by atoms with Crippen LogP contribution in [0.15, 0.2) is 30.3 Å². The maximum Gasteiger partial charge on any atom is 0.581 e. The van der Waals surface area contributed by atoms with Crippen molar-refractivity contribution in [1.29, 1.82) is 0 Å². The molecule has 0 radical (unpaired) electrons. The van der Waals surface area contributed by atoms with Crippen LogP contribution in [0.3, 0.4) is 0 Å². The summed E-state index contributed by atoms with van der Waals surface area (Å²) in [6.07, 6.45) is -11.2. The van der Waals surface area contributed by atoms with Crippen molar-refractivity contribution in [2.45, 2.75) is 72.6 Å². The number of benzene rings is 1. The number of hydrogen-bond donors (Lipinski definition) is 1. The fraction of sp³-hybridized carbons (Fsp3) is 0.760. The Morgan fingerprint density at radius 1 is 0.510 bits per heavy atom. The average molecular weight is 824 g/mol. The van der Waals surface area contributed by atoms with E-state index < -0.39 is 77.7 Å². The second-order valence-electron chi connectivity index (χ2n) is 10.1. The van der Waals surface area contributed by atoms with E-state index in [1.165, 1.54) is 0 Å². The lowest BCUT2D eigenvalue weighted by Crippen LogP contribution is -2.77. The molecule has 1 aromatic rings. The first-order chi connectivity index (χ1) is 22.9. The molecule has 0 fully saturated rings. The van der Waals surface area contributed by atoms with E-state index in [0.717, 1.165) is 24.7 Å². The van der Waals surface area contributed by atoms with Gasteiger partial charge in [-0.1, -0.05) is 18.2 Å². The Bertz CT molecular complexity index is 1170. The first-order valence-electron chi connectivity index (χ1n) is 13.7. The van der Waals surface area contributed by atoms with Gasteiger partial charge in [0.2, 0.25) is 0 Å². The van der Waals surface area contributed by atoms with Gasteiger partial charge in [0.25, 0.3) is 0 Å². The van der Waals surface area contributed by atoms with Gasteiger partial charge in [-0.05, 0) is 18.6 Å². The molecule has 26 heteroatoms. The Labute approximate surface area is 282 Å². The van der Waals surface area contributed by atoms with Gasteiger partial charge in [-0.2, -0.15) is 74.6 Å². The second kappa shape index (κ2) is 17.4. The Hall–Kier alpha value is -1.98. The van der Waals surface area contributed by atoms with Crippen LogP contribution in [-0.2, 0) is 26.6 Å². The SMILES string of the molecule is CO[Si](CCCNc1ccccc1)(OC)OC.CO[Si](OC)(OC)C(F)(F)C(F)(F)C(F)(F)C(F)(F)C(F)(F)C(F)(F)C(F)(F)CCC(F)(F)F. The zero-order chi connectivity index (χ0) is 40.6. The normalized spacial score (nSPS) is 14.6. The third kappa shape index (κ3) is 9.77. The number of anilines is 1. The molecule has 51 heavy (non-hydrogen) atoms. The molecular formula is C25H34F17NO6Si2. The highest BCUT2D eigenvalue weighted by Crippen LogP contribution is 2.63. The largest absolute Gasteiger partial charge is 0.581 e. The molecule has 0 spiro atoms. The van der Waals surface area contributed by atoms with Gasteiger partial charge in [0.1, 0.15) is 0 Å². The predicted molar refractivity (Wildman–Crippen MR) is 148 cm³/mol. The molecule has 0 atom stereocenters. The zero-order valence-electron chi connectivity index (χ0n) is 27.3. The summed E-state index contributed by atoms with van der Waals surface area (Å²) in [6.45, 7) is 0.884. The van der Waals surface area contributed by atoms with Gasteiger partial charge in [0.05, 0.1) is 0 Å². The summed E-state index contributed by atoms with van der Waals surface area (Å²) in [4.78, 5) is 0. The van der Waals surface area contributed by atoms with Crippen LogP contribution in [0.2, 0.25) is 6.04 Å².